The first-order valence-corrected chi connectivity index (χ1v) is 6.13. The van der Waals surface area contributed by atoms with Crippen molar-refractivity contribution in [2.75, 3.05) is 0 Å². The van der Waals surface area contributed by atoms with E-state index in [9.17, 15) is 0 Å². The smallest absolute Gasteiger partial charge is 0.0619 e. The van der Waals surface area contributed by atoms with Crippen LogP contribution in [-0.2, 0) is 0 Å². The first-order valence-electron chi connectivity index (χ1n) is 5.19. The van der Waals surface area contributed by atoms with Crippen LogP contribution in [0, 0.1) is 0 Å². The molecule has 0 aliphatic carbocycles. The van der Waals surface area contributed by atoms with Gasteiger partial charge in [0.15, 0.2) is 0 Å². The average Bonchev–Trinajstić information content (AvgIpc) is 2.30. The fraction of sp³-hybridized carbons (Fsp3) is 0.333. The minimum absolute atomic E-state index is 0.211. The molecule has 0 saturated carbocycles. The molecule has 0 saturated heterocycles. The van der Waals surface area contributed by atoms with Crippen molar-refractivity contribution in [1.82, 2.24) is 10.6 Å². The molecule has 0 aliphatic heterocycles. The van der Waals surface area contributed by atoms with Gasteiger partial charge in [-0.25, -0.2) is 0 Å². The number of rotatable bonds is 6. The average molecular weight is 252 g/mol. The van der Waals surface area contributed by atoms with Crippen molar-refractivity contribution in [2.24, 2.45) is 0 Å². The van der Waals surface area contributed by atoms with Crippen LogP contribution in [0.15, 0.2) is 24.3 Å². The number of thiocarbonyl (C=S) groups is 2. The fourth-order valence-corrected chi connectivity index (χ4v) is 2.09. The highest BCUT2D eigenvalue weighted by Crippen LogP contribution is 2.22. The summed E-state index contributed by atoms with van der Waals surface area (Å²) >= 11 is 9.63. The monoisotopic (exact) mass is 252 g/mol. The normalized spacial score (nSPS) is 13.6. The topological polar surface area (TPSA) is 24.1 Å². The van der Waals surface area contributed by atoms with Gasteiger partial charge in [0.2, 0.25) is 0 Å². The Morgan fingerprint density at radius 3 is 1.62 bits per heavy atom. The van der Waals surface area contributed by atoms with Crippen molar-refractivity contribution < 1.29 is 0 Å². The summed E-state index contributed by atoms with van der Waals surface area (Å²) in [7, 11) is 0. The Morgan fingerprint density at radius 1 is 0.938 bits per heavy atom. The number of hydrogen-bond donors (Lipinski definition) is 2. The quantitative estimate of drug-likeness (QED) is 0.760. The molecular formula is C12H16N2S2. The van der Waals surface area contributed by atoms with Crippen LogP contribution in [0.25, 0.3) is 0 Å². The van der Waals surface area contributed by atoms with E-state index >= 15 is 0 Å². The standard InChI is InChI=1S/C12H16N2S2/c1-9(13-7-15)11-5-3-4-6-12(11)10(2)14-8-16/h3-10H,1-2H3,(H,13,15)(H,14,16). The summed E-state index contributed by atoms with van der Waals surface area (Å²) in [5.41, 5.74) is 5.58. The highest BCUT2D eigenvalue weighted by atomic mass is 32.1. The third-order valence-electron chi connectivity index (χ3n) is 2.57. The lowest BCUT2D eigenvalue weighted by atomic mass is 9.97. The first-order chi connectivity index (χ1) is 7.70. The molecule has 1 aromatic carbocycles. The van der Waals surface area contributed by atoms with Crippen molar-refractivity contribution in [3.05, 3.63) is 35.4 Å². The molecule has 0 heterocycles. The molecule has 0 aromatic heterocycles. The maximum Gasteiger partial charge on any atom is 0.0619 e. The van der Waals surface area contributed by atoms with Gasteiger partial charge in [-0.3, -0.25) is 0 Å². The summed E-state index contributed by atoms with van der Waals surface area (Å²) in [4.78, 5) is 0. The molecule has 0 aliphatic rings. The molecule has 0 amide bonds. The van der Waals surface area contributed by atoms with Gasteiger partial charge in [0.25, 0.3) is 0 Å². The van der Waals surface area contributed by atoms with E-state index in [1.165, 1.54) is 11.1 Å². The van der Waals surface area contributed by atoms with Crippen molar-refractivity contribution in [2.45, 2.75) is 25.9 Å². The van der Waals surface area contributed by atoms with Gasteiger partial charge in [-0.2, -0.15) is 0 Å². The van der Waals surface area contributed by atoms with Gasteiger partial charge in [0.1, 0.15) is 0 Å². The summed E-state index contributed by atoms with van der Waals surface area (Å²) in [5, 5.41) is 6.25. The van der Waals surface area contributed by atoms with Crippen LogP contribution in [0.4, 0.5) is 0 Å². The fourth-order valence-electron chi connectivity index (χ4n) is 1.68. The van der Waals surface area contributed by atoms with E-state index in [0.29, 0.717) is 0 Å². The first kappa shape index (κ1) is 13.1. The summed E-state index contributed by atoms with van der Waals surface area (Å²) in [6, 6.07) is 8.70. The van der Waals surface area contributed by atoms with Crippen molar-refractivity contribution in [1.29, 1.82) is 0 Å². The molecule has 2 N–H and O–H groups in total. The molecule has 2 atom stereocenters. The van der Waals surface area contributed by atoms with E-state index in [2.05, 4.69) is 36.6 Å². The van der Waals surface area contributed by atoms with Gasteiger partial charge in [-0.1, -0.05) is 48.7 Å². The van der Waals surface area contributed by atoms with Crippen LogP contribution in [0.5, 0.6) is 0 Å². The molecule has 2 unspecified atom stereocenters. The van der Waals surface area contributed by atoms with Crippen molar-refractivity contribution in [3.63, 3.8) is 0 Å². The predicted octanol–water partition coefficient (Wildman–Crippen LogP) is 2.90. The SMILES string of the molecule is CC(NC=S)c1ccccc1C(C)NC=S. The predicted molar refractivity (Wildman–Crippen MR) is 76.9 cm³/mol. The Balaban J connectivity index is 2.98. The third-order valence-corrected chi connectivity index (χ3v) is 2.84. The Hall–Kier alpha value is -1.00. The summed E-state index contributed by atoms with van der Waals surface area (Å²) in [5.74, 6) is 0. The van der Waals surface area contributed by atoms with Crippen LogP contribution in [0.2, 0.25) is 0 Å². The van der Waals surface area contributed by atoms with Crippen LogP contribution in [-0.4, -0.2) is 11.0 Å². The Bertz CT molecular complexity index is 331. The number of hydrogen-bond acceptors (Lipinski definition) is 2. The van der Waals surface area contributed by atoms with Gasteiger partial charge in [-0.15, -0.1) is 0 Å². The Morgan fingerprint density at radius 2 is 1.31 bits per heavy atom. The van der Waals surface area contributed by atoms with Crippen LogP contribution >= 0.6 is 24.4 Å². The van der Waals surface area contributed by atoms with Crippen molar-refractivity contribution >= 4 is 35.4 Å². The summed E-state index contributed by atoms with van der Waals surface area (Å²) in [6.45, 7) is 4.18. The molecule has 16 heavy (non-hydrogen) atoms. The van der Waals surface area contributed by atoms with Crippen LogP contribution in [0.3, 0.4) is 0 Å². The Labute approximate surface area is 107 Å². The van der Waals surface area contributed by atoms with E-state index < -0.39 is 0 Å². The maximum atomic E-state index is 4.81. The minimum atomic E-state index is 0.211. The van der Waals surface area contributed by atoms with E-state index in [0.717, 1.165) is 0 Å². The van der Waals surface area contributed by atoms with Crippen molar-refractivity contribution in [3.8, 4) is 0 Å². The van der Waals surface area contributed by atoms with Gasteiger partial charge < -0.3 is 10.6 Å². The van der Waals surface area contributed by atoms with Gasteiger partial charge in [0, 0.05) is 12.1 Å². The van der Waals surface area contributed by atoms with Crippen LogP contribution in [0.1, 0.15) is 37.1 Å². The zero-order valence-corrected chi connectivity index (χ0v) is 11.1. The molecule has 0 bridgehead atoms. The van der Waals surface area contributed by atoms with E-state index in [-0.39, 0.29) is 12.1 Å². The molecular weight excluding hydrogens is 236 g/mol. The molecule has 2 nitrogen and oxygen atoms in total. The molecule has 4 heteroatoms. The second-order valence-corrected chi connectivity index (χ2v) is 4.11. The highest BCUT2D eigenvalue weighted by molar-refractivity contribution is 7.79. The Kier molecular flexibility index (Phi) is 5.35. The zero-order chi connectivity index (χ0) is 12.0. The molecule has 0 fully saturated rings. The third kappa shape index (κ3) is 3.25. The maximum absolute atomic E-state index is 4.81. The number of benzene rings is 1. The second kappa shape index (κ2) is 6.55. The zero-order valence-electron chi connectivity index (χ0n) is 9.44. The number of nitrogens with one attached hydrogen (secondary N) is 2. The summed E-state index contributed by atoms with van der Waals surface area (Å²) in [6.07, 6.45) is 0. The second-order valence-electron chi connectivity index (χ2n) is 3.64. The lowest BCUT2D eigenvalue weighted by Gasteiger charge is -2.20. The molecule has 86 valence electrons. The molecule has 1 rings (SSSR count). The van der Waals surface area contributed by atoms with E-state index in [1.807, 2.05) is 12.1 Å². The van der Waals surface area contributed by atoms with Gasteiger partial charge >= 0.3 is 0 Å². The molecule has 0 spiro atoms. The van der Waals surface area contributed by atoms with Crippen LogP contribution < -0.4 is 10.6 Å². The summed E-state index contributed by atoms with van der Waals surface area (Å²) < 4.78 is 0. The van der Waals surface area contributed by atoms with Gasteiger partial charge in [0.05, 0.1) is 11.0 Å². The molecule has 1 aromatic rings. The molecule has 0 radical (unpaired) electrons. The minimum Gasteiger partial charge on any atom is -0.376 e. The lowest BCUT2D eigenvalue weighted by Crippen LogP contribution is -2.21. The highest BCUT2D eigenvalue weighted by Gasteiger charge is 2.12. The van der Waals surface area contributed by atoms with Gasteiger partial charge in [-0.05, 0) is 25.0 Å². The van der Waals surface area contributed by atoms with E-state index in [4.69, 9.17) is 24.4 Å². The van der Waals surface area contributed by atoms with E-state index in [1.54, 1.807) is 11.0 Å². The largest absolute Gasteiger partial charge is 0.376 e. The lowest BCUT2D eigenvalue weighted by molar-refractivity contribution is 0.672.